The maximum absolute atomic E-state index is 12.9. The van der Waals surface area contributed by atoms with E-state index in [2.05, 4.69) is 5.10 Å². The topological polar surface area (TPSA) is 64.4 Å². The predicted octanol–water partition coefficient (Wildman–Crippen LogP) is 4.10. The van der Waals surface area contributed by atoms with Gasteiger partial charge in [-0.3, -0.25) is 4.79 Å². The van der Waals surface area contributed by atoms with Crippen molar-refractivity contribution in [3.8, 4) is 16.9 Å². The van der Waals surface area contributed by atoms with Crippen molar-refractivity contribution < 1.29 is 14.3 Å². The zero-order chi connectivity index (χ0) is 20.8. The lowest BCUT2D eigenvalue weighted by Gasteiger charge is -2.19. The van der Waals surface area contributed by atoms with Gasteiger partial charge in [0.1, 0.15) is 11.3 Å². The van der Waals surface area contributed by atoms with Gasteiger partial charge in [0.25, 0.3) is 5.91 Å². The van der Waals surface area contributed by atoms with E-state index >= 15 is 0 Å². The molecular formula is C24H25N3O3. The van der Waals surface area contributed by atoms with Crippen LogP contribution in [-0.2, 0) is 9.53 Å². The predicted molar refractivity (Wildman–Crippen MR) is 114 cm³/mol. The molecule has 4 rings (SSSR count). The molecule has 0 saturated carbocycles. The number of para-hydroxylation sites is 1. The van der Waals surface area contributed by atoms with E-state index in [0.29, 0.717) is 11.3 Å². The Hall–Kier alpha value is -3.41. The molecule has 30 heavy (non-hydrogen) atoms. The van der Waals surface area contributed by atoms with Crippen molar-refractivity contribution in [3.05, 3.63) is 72.4 Å². The summed E-state index contributed by atoms with van der Waals surface area (Å²) in [6.45, 7) is 1.22. The number of carbonyl (C=O) groups is 2. The van der Waals surface area contributed by atoms with E-state index in [1.54, 1.807) is 15.8 Å². The number of nitrogens with zero attached hydrogens (tertiary/aromatic N) is 3. The van der Waals surface area contributed by atoms with Crippen molar-refractivity contribution in [3.63, 3.8) is 0 Å². The summed E-state index contributed by atoms with van der Waals surface area (Å²) in [5.41, 5.74) is 2.53. The van der Waals surface area contributed by atoms with Crippen LogP contribution in [0.25, 0.3) is 16.9 Å². The maximum atomic E-state index is 12.9. The highest BCUT2D eigenvalue weighted by molar-refractivity contribution is 5.97. The van der Waals surface area contributed by atoms with Crippen molar-refractivity contribution in [2.24, 2.45) is 0 Å². The molecule has 2 aromatic carbocycles. The molecule has 1 amide bonds. The minimum atomic E-state index is -0.542. The van der Waals surface area contributed by atoms with Crippen LogP contribution >= 0.6 is 0 Å². The van der Waals surface area contributed by atoms with Crippen LogP contribution in [0.3, 0.4) is 0 Å². The molecule has 0 atom stereocenters. The van der Waals surface area contributed by atoms with Crippen LogP contribution in [0.2, 0.25) is 0 Å². The van der Waals surface area contributed by atoms with E-state index in [4.69, 9.17) is 4.74 Å². The van der Waals surface area contributed by atoms with Gasteiger partial charge < -0.3 is 9.64 Å². The molecule has 1 aromatic heterocycles. The van der Waals surface area contributed by atoms with Crippen LogP contribution in [0, 0.1) is 0 Å². The second kappa shape index (κ2) is 9.39. The number of rotatable bonds is 5. The third kappa shape index (κ3) is 4.59. The van der Waals surface area contributed by atoms with Crippen molar-refractivity contribution in [2.75, 3.05) is 19.7 Å². The van der Waals surface area contributed by atoms with Gasteiger partial charge in [-0.05, 0) is 25.0 Å². The Kier molecular flexibility index (Phi) is 6.23. The number of benzene rings is 2. The molecule has 0 radical (unpaired) electrons. The first-order valence-electron chi connectivity index (χ1n) is 10.4. The fraction of sp³-hybridized carbons (Fsp3) is 0.292. The highest BCUT2D eigenvalue weighted by Gasteiger charge is 2.22. The van der Waals surface area contributed by atoms with Gasteiger partial charge in [-0.1, -0.05) is 61.4 Å². The molecule has 1 aliphatic heterocycles. The third-order valence-corrected chi connectivity index (χ3v) is 5.29. The average molecular weight is 403 g/mol. The van der Waals surface area contributed by atoms with Gasteiger partial charge in [0.15, 0.2) is 6.61 Å². The summed E-state index contributed by atoms with van der Waals surface area (Å²) in [7, 11) is 0. The van der Waals surface area contributed by atoms with Crippen LogP contribution in [0.4, 0.5) is 0 Å². The first kappa shape index (κ1) is 19.9. The fourth-order valence-electron chi connectivity index (χ4n) is 3.66. The summed E-state index contributed by atoms with van der Waals surface area (Å²) < 4.78 is 7.07. The molecule has 1 aliphatic rings. The zero-order valence-electron chi connectivity index (χ0n) is 16.9. The van der Waals surface area contributed by atoms with E-state index in [-0.39, 0.29) is 12.5 Å². The summed E-state index contributed by atoms with van der Waals surface area (Å²) in [5.74, 6) is -0.679. The van der Waals surface area contributed by atoms with E-state index in [1.165, 1.54) is 0 Å². The Morgan fingerprint density at radius 1 is 0.867 bits per heavy atom. The van der Waals surface area contributed by atoms with Crippen molar-refractivity contribution in [1.29, 1.82) is 0 Å². The fourth-order valence-corrected chi connectivity index (χ4v) is 3.66. The van der Waals surface area contributed by atoms with Crippen molar-refractivity contribution in [2.45, 2.75) is 25.7 Å². The minimum Gasteiger partial charge on any atom is -0.452 e. The highest BCUT2D eigenvalue weighted by atomic mass is 16.5. The monoisotopic (exact) mass is 403 g/mol. The lowest BCUT2D eigenvalue weighted by Crippen LogP contribution is -2.35. The quantitative estimate of drug-likeness (QED) is 0.602. The normalized spacial score (nSPS) is 14.2. The molecule has 0 bridgehead atoms. The van der Waals surface area contributed by atoms with Crippen molar-refractivity contribution >= 4 is 11.9 Å². The average Bonchev–Trinajstić information content (AvgIpc) is 3.07. The van der Waals surface area contributed by atoms with Crippen LogP contribution in [0.5, 0.6) is 0 Å². The third-order valence-electron chi connectivity index (χ3n) is 5.29. The van der Waals surface area contributed by atoms with Gasteiger partial charge in [-0.25, -0.2) is 9.48 Å². The van der Waals surface area contributed by atoms with Crippen LogP contribution in [0.15, 0.2) is 66.9 Å². The number of hydrogen-bond acceptors (Lipinski definition) is 4. The summed E-state index contributed by atoms with van der Waals surface area (Å²) in [4.78, 5) is 27.2. The number of esters is 1. The first-order chi connectivity index (χ1) is 14.7. The molecule has 0 spiro atoms. The van der Waals surface area contributed by atoms with Crippen LogP contribution in [0.1, 0.15) is 36.0 Å². The Bertz CT molecular complexity index is 991. The molecule has 1 saturated heterocycles. The molecular weight excluding hydrogens is 378 g/mol. The van der Waals surface area contributed by atoms with Crippen LogP contribution < -0.4 is 0 Å². The summed E-state index contributed by atoms with van der Waals surface area (Å²) in [6.07, 6.45) is 5.95. The van der Waals surface area contributed by atoms with Gasteiger partial charge in [0.05, 0.1) is 5.69 Å². The van der Waals surface area contributed by atoms with E-state index < -0.39 is 5.97 Å². The highest BCUT2D eigenvalue weighted by Crippen LogP contribution is 2.24. The Morgan fingerprint density at radius 2 is 1.50 bits per heavy atom. The van der Waals surface area contributed by atoms with Gasteiger partial charge >= 0.3 is 5.97 Å². The number of likely N-dealkylation sites (tertiary alicyclic amines) is 1. The summed E-state index contributed by atoms with van der Waals surface area (Å²) >= 11 is 0. The molecule has 6 heteroatoms. The maximum Gasteiger partial charge on any atom is 0.342 e. The Morgan fingerprint density at radius 3 is 2.17 bits per heavy atom. The smallest absolute Gasteiger partial charge is 0.342 e. The van der Waals surface area contributed by atoms with Gasteiger partial charge in [0.2, 0.25) is 0 Å². The lowest BCUT2D eigenvalue weighted by atomic mass is 10.1. The van der Waals surface area contributed by atoms with E-state index in [9.17, 15) is 9.59 Å². The minimum absolute atomic E-state index is 0.137. The number of ether oxygens (including phenoxy) is 1. The first-order valence-corrected chi connectivity index (χ1v) is 10.4. The Labute approximate surface area is 176 Å². The molecule has 0 unspecified atom stereocenters. The molecule has 0 N–H and O–H groups in total. The van der Waals surface area contributed by atoms with Crippen molar-refractivity contribution in [1.82, 2.24) is 14.7 Å². The lowest BCUT2D eigenvalue weighted by molar-refractivity contribution is -0.134. The van der Waals surface area contributed by atoms with Gasteiger partial charge in [-0.15, -0.1) is 0 Å². The Balaban J connectivity index is 1.55. The molecule has 1 fully saturated rings. The number of hydrogen-bond donors (Lipinski definition) is 0. The number of carbonyl (C=O) groups excluding carboxylic acids is 2. The van der Waals surface area contributed by atoms with E-state index in [1.807, 2.05) is 60.7 Å². The standard InChI is InChI=1S/C24H25N3O3/c28-22(26-15-9-1-2-10-16-26)18-30-24(29)21-17-27(20-13-7-4-8-14-20)25-23(21)19-11-5-3-6-12-19/h3-8,11-14,17H,1-2,9-10,15-16,18H2. The zero-order valence-corrected chi connectivity index (χ0v) is 16.9. The largest absolute Gasteiger partial charge is 0.452 e. The molecule has 3 aromatic rings. The SMILES string of the molecule is O=C(OCC(=O)N1CCCCCC1)c1cn(-c2ccccc2)nc1-c1ccccc1. The molecule has 6 nitrogen and oxygen atoms in total. The van der Waals surface area contributed by atoms with E-state index in [0.717, 1.165) is 50.0 Å². The van der Waals surface area contributed by atoms with Crippen LogP contribution in [-0.4, -0.2) is 46.3 Å². The summed E-state index contributed by atoms with van der Waals surface area (Å²) in [5, 5.41) is 4.62. The summed E-state index contributed by atoms with van der Waals surface area (Å²) in [6, 6.07) is 19.1. The number of amides is 1. The molecule has 2 heterocycles. The van der Waals surface area contributed by atoms with Gasteiger partial charge in [0, 0.05) is 24.8 Å². The second-order valence-corrected chi connectivity index (χ2v) is 7.41. The number of aromatic nitrogens is 2. The molecule has 0 aliphatic carbocycles. The van der Waals surface area contributed by atoms with Gasteiger partial charge in [-0.2, -0.15) is 5.10 Å². The molecule has 154 valence electrons. The second-order valence-electron chi connectivity index (χ2n) is 7.41.